The molecule has 0 aliphatic rings. The summed E-state index contributed by atoms with van der Waals surface area (Å²) in [7, 11) is 0. The van der Waals surface area contributed by atoms with Crippen LogP contribution in [0.5, 0.6) is 0 Å². The number of carbonyl (C=O) groups excluding carboxylic acids is 4. The van der Waals surface area contributed by atoms with Crippen molar-refractivity contribution in [3.05, 3.63) is 35.4 Å². The summed E-state index contributed by atoms with van der Waals surface area (Å²) in [5.41, 5.74) is 5.11. The molecule has 0 spiro atoms. The quantitative estimate of drug-likeness (QED) is 0.274. The molecule has 0 aliphatic heterocycles. The molecule has 1 aromatic rings. The van der Waals surface area contributed by atoms with Crippen LogP contribution in [0.4, 0.5) is 4.79 Å². The lowest BCUT2D eigenvalue weighted by Crippen LogP contribution is -2.52. The van der Waals surface area contributed by atoms with Gasteiger partial charge in [0, 0.05) is 23.7 Å². The summed E-state index contributed by atoms with van der Waals surface area (Å²) in [6.45, 7) is 7.23. The van der Waals surface area contributed by atoms with E-state index in [1.807, 2.05) is 6.92 Å². The summed E-state index contributed by atoms with van der Waals surface area (Å²) in [4.78, 5) is 51.4. The zero-order valence-electron chi connectivity index (χ0n) is 20.0. The average Bonchev–Trinajstić information content (AvgIpc) is 2.75. The van der Waals surface area contributed by atoms with Gasteiger partial charge in [0.1, 0.15) is 17.7 Å². The van der Waals surface area contributed by atoms with Crippen LogP contribution in [-0.2, 0) is 19.1 Å². The van der Waals surface area contributed by atoms with E-state index < -0.39 is 47.9 Å². The number of amides is 4. The van der Waals surface area contributed by atoms with E-state index in [1.54, 1.807) is 45.0 Å². The topological polar surface area (TPSA) is 131 Å². The number of hydrogen-bond donors (Lipinski definition) is 3. The third kappa shape index (κ3) is 8.51. The van der Waals surface area contributed by atoms with E-state index >= 15 is 0 Å². The van der Waals surface area contributed by atoms with Gasteiger partial charge in [0.25, 0.3) is 5.91 Å². The highest BCUT2D eigenvalue weighted by Gasteiger charge is 2.37. The third-order valence-corrected chi connectivity index (χ3v) is 4.52. The second-order valence-electron chi connectivity index (χ2n) is 8.49. The summed E-state index contributed by atoms with van der Waals surface area (Å²) in [5.74, 6) is 0.172. The van der Waals surface area contributed by atoms with Crippen LogP contribution in [0.2, 0.25) is 0 Å². The van der Waals surface area contributed by atoms with Crippen molar-refractivity contribution in [1.82, 2.24) is 15.5 Å². The number of alkyl carbamates (subject to hydrolysis) is 1. The number of benzene rings is 1. The fraction of sp³-hybridized carbons (Fsp3) is 0.440. The van der Waals surface area contributed by atoms with Crippen molar-refractivity contribution >= 4 is 23.8 Å². The van der Waals surface area contributed by atoms with Gasteiger partial charge in [-0.25, -0.2) is 4.79 Å². The highest BCUT2D eigenvalue weighted by Crippen LogP contribution is 2.25. The molecule has 9 heteroatoms. The standard InChI is InChI=1S/C25H32N4O5/c1-7-10-15-27-22(31)21(18-14-12-11-13-17(18)8-2)29(9-3)23(32)19(16-20(26)30)28-24(33)34-25(4,5)6/h2-3,11-14,19,21H,7,10,15-16H2,1,4-6H3,(H2,26,30)(H,27,31)(H,28,33). The average molecular weight is 469 g/mol. The third-order valence-electron chi connectivity index (χ3n) is 4.52. The van der Waals surface area contributed by atoms with Crippen LogP contribution >= 0.6 is 0 Å². The number of nitrogens with two attached hydrogens (primary N) is 1. The highest BCUT2D eigenvalue weighted by atomic mass is 16.6. The number of nitrogens with one attached hydrogen (secondary N) is 2. The minimum atomic E-state index is -1.47. The first-order chi connectivity index (χ1) is 15.9. The molecule has 1 aromatic carbocycles. The first-order valence-electron chi connectivity index (χ1n) is 10.9. The van der Waals surface area contributed by atoms with E-state index in [0.717, 1.165) is 11.3 Å². The van der Waals surface area contributed by atoms with E-state index in [4.69, 9.17) is 23.3 Å². The SMILES string of the molecule is C#Cc1ccccc1C(C(=O)NCCCC)N(C#C)C(=O)C(CC(N)=O)NC(=O)OC(C)(C)C. The van der Waals surface area contributed by atoms with Gasteiger partial charge in [-0.2, -0.15) is 0 Å². The molecule has 0 bridgehead atoms. The molecule has 0 aromatic heterocycles. The summed E-state index contributed by atoms with van der Waals surface area (Å²) < 4.78 is 5.18. The van der Waals surface area contributed by atoms with E-state index in [2.05, 4.69) is 22.6 Å². The van der Waals surface area contributed by atoms with E-state index in [0.29, 0.717) is 24.1 Å². The fourth-order valence-corrected chi connectivity index (χ4v) is 3.03. The summed E-state index contributed by atoms with van der Waals surface area (Å²) in [5, 5.41) is 5.08. The van der Waals surface area contributed by atoms with Crippen LogP contribution < -0.4 is 16.4 Å². The van der Waals surface area contributed by atoms with Crippen molar-refractivity contribution in [2.45, 2.75) is 64.6 Å². The number of terminal acetylenes is 2. The van der Waals surface area contributed by atoms with Gasteiger partial charge in [0.2, 0.25) is 11.8 Å². The van der Waals surface area contributed by atoms with Crippen molar-refractivity contribution in [2.24, 2.45) is 5.73 Å². The molecule has 4 amide bonds. The number of nitrogens with zero attached hydrogens (tertiary/aromatic N) is 1. The minimum Gasteiger partial charge on any atom is -0.444 e. The molecule has 0 heterocycles. The maximum absolute atomic E-state index is 13.4. The van der Waals surface area contributed by atoms with Crippen molar-refractivity contribution in [2.75, 3.05) is 6.54 Å². The molecule has 0 aliphatic carbocycles. The van der Waals surface area contributed by atoms with Gasteiger partial charge in [-0.1, -0.05) is 43.9 Å². The molecule has 182 valence electrons. The second-order valence-corrected chi connectivity index (χ2v) is 8.49. The van der Waals surface area contributed by atoms with Crippen LogP contribution in [0.1, 0.15) is 64.1 Å². The Morgan fingerprint density at radius 2 is 1.82 bits per heavy atom. The molecule has 0 saturated carbocycles. The predicted molar refractivity (Wildman–Crippen MR) is 128 cm³/mol. The molecule has 0 radical (unpaired) electrons. The summed E-state index contributed by atoms with van der Waals surface area (Å²) in [6, 6.07) is 5.97. The maximum Gasteiger partial charge on any atom is 0.408 e. The van der Waals surface area contributed by atoms with Gasteiger partial charge in [-0.15, -0.1) is 6.42 Å². The van der Waals surface area contributed by atoms with E-state index in [9.17, 15) is 19.2 Å². The summed E-state index contributed by atoms with van der Waals surface area (Å²) in [6.07, 6.45) is 11.3. The Morgan fingerprint density at radius 3 is 2.35 bits per heavy atom. The molecule has 2 atom stereocenters. The second kappa shape index (κ2) is 12.9. The Kier molecular flexibility index (Phi) is 10.6. The number of rotatable bonds is 10. The lowest BCUT2D eigenvalue weighted by molar-refractivity contribution is -0.139. The number of primary amides is 1. The van der Waals surface area contributed by atoms with Crippen LogP contribution in [0.25, 0.3) is 0 Å². The molecule has 0 fully saturated rings. The molecule has 1 rings (SSSR count). The van der Waals surface area contributed by atoms with Gasteiger partial charge in [-0.3, -0.25) is 19.3 Å². The van der Waals surface area contributed by atoms with Gasteiger partial charge in [0.05, 0.1) is 6.42 Å². The predicted octanol–water partition coefficient (Wildman–Crippen LogP) is 1.81. The fourth-order valence-electron chi connectivity index (χ4n) is 3.03. The Labute approximate surface area is 200 Å². The van der Waals surface area contributed by atoms with Crippen molar-refractivity contribution < 1.29 is 23.9 Å². The smallest absolute Gasteiger partial charge is 0.408 e. The normalized spacial score (nSPS) is 12.3. The minimum absolute atomic E-state index is 0.320. The van der Waals surface area contributed by atoms with Crippen LogP contribution in [-0.4, -0.2) is 46.9 Å². The van der Waals surface area contributed by atoms with Gasteiger partial charge >= 0.3 is 6.09 Å². The first-order valence-corrected chi connectivity index (χ1v) is 10.9. The molecular weight excluding hydrogens is 436 g/mol. The van der Waals surface area contributed by atoms with Crippen molar-refractivity contribution in [3.63, 3.8) is 0 Å². The van der Waals surface area contributed by atoms with Crippen molar-refractivity contribution in [1.29, 1.82) is 0 Å². The van der Waals surface area contributed by atoms with Crippen LogP contribution in [0.15, 0.2) is 24.3 Å². The Hall–Kier alpha value is -3.98. The molecule has 2 unspecified atom stereocenters. The number of ether oxygens (including phenoxy) is 1. The Balaban J connectivity index is 3.42. The van der Waals surface area contributed by atoms with E-state index in [1.165, 1.54) is 0 Å². The monoisotopic (exact) mass is 468 g/mol. The van der Waals surface area contributed by atoms with Gasteiger partial charge < -0.3 is 21.1 Å². The Bertz CT molecular complexity index is 984. The van der Waals surface area contributed by atoms with Gasteiger partial charge in [-0.05, 0) is 33.3 Å². The lowest BCUT2D eigenvalue weighted by Gasteiger charge is -2.30. The number of unbranched alkanes of at least 4 members (excludes halogenated alkanes) is 1. The maximum atomic E-state index is 13.4. The molecular formula is C25H32N4O5. The lowest BCUT2D eigenvalue weighted by atomic mass is 9.97. The zero-order valence-corrected chi connectivity index (χ0v) is 20.0. The van der Waals surface area contributed by atoms with Crippen LogP contribution in [0.3, 0.4) is 0 Å². The molecule has 4 N–H and O–H groups in total. The molecule has 34 heavy (non-hydrogen) atoms. The first kappa shape index (κ1) is 28.1. The van der Waals surface area contributed by atoms with Crippen molar-refractivity contribution in [3.8, 4) is 24.8 Å². The molecule has 9 nitrogen and oxygen atoms in total. The van der Waals surface area contributed by atoms with Gasteiger partial charge in [0.15, 0.2) is 0 Å². The Morgan fingerprint density at radius 1 is 1.18 bits per heavy atom. The van der Waals surface area contributed by atoms with Crippen LogP contribution in [0, 0.1) is 24.8 Å². The largest absolute Gasteiger partial charge is 0.444 e. The number of carbonyl (C=O) groups is 4. The summed E-state index contributed by atoms with van der Waals surface area (Å²) >= 11 is 0. The molecule has 0 saturated heterocycles. The highest BCUT2D eigenvalue weighted by molar-refractivity contribution is 5.95. The van der Waals surface area contributed by atoms with E-state index in [-0.39, 0.29) is 0 Å². The zero-order chi connectivity index (χ0) is 25.9. The number of hydrogen-bond acceptors (Lipinski definition) is 5.